The first-order valence-corrected chi connectivity index (χ1v) is 8.82. The smallest absolute Gasteiger partial charge is 0.220 e. The Kier molecular flexibility index (Phi) is 6.18. The van der Waals surface area contributed by atoms with Crippen LogP contribution >= 0.6 is 11.3 Å². The molecule has 1 aromatic rings. The van der Waals surface area contributed by atoms with Crippen LogP contribution in [0.1, 0.15) is 48.2 Å². The fraction of sp³-hybridized carbons (Fsp3) is 0.750. The van der Waals surface area contributed by atoms with E-state index in [9.17, 15) is 4.79 Å². The van der Waals surface area contributed by atoms with E-state index in [1.54, 1.807) is 11.3 Å². The molecule has 2 heterocycles. The number of hydrogen-bond acceptors (Lipinski definition) is 4. The fourth-order valence-electron chi connectivity index (χ4n) is 2.98. The van der Waals surface area contributed by atoms with Crippen LogP contribution in [0.4, 0.5) is 0 Å². The SMILES string of the molecule is CCCN1CCC(CC(=O)NCc2sc(C)nc2C)CC1. The van der Waals surface area contributed by atoms with E-state index in [2.05, 4.69) is 22.1 Å². The Balaban J connectivity index is 1.69. The summed E-state index contributed by atoms with van der Waals surface area (Å²) in [5.74, 6) is 0.747. The number of thiazole rings is 1. The Hall–Kier alpha value is -0.940. The molecule has 0 spiro atoms. The number of nitrogens with zero attached hydrogens (tertiary/aromatic N) is 2. The monoisotopic (exact) mass is 309 g/mol. The first kappa shape index (κ1) is 16.4. The van der Waals surface area contributed by atoms with Crippen molar-refractivity contribution in [3.63, 3.8) is 0 Å². The minimum Gasteiger partial charge on any atom is -0.351 e. The van der Waals surface area contributed by atoms with Crippen molar-refractivity contribution in [3.8, 4) is 0 Å². The maximum absolute atomic E-state index is 12.1. The van der Waals surface area contributed by atoms with Crippen molar-refractivity contribution in [2.45, 2.75) is 53.0 Å². The van der Waals surface area contributed by atoms with E-state index in [-0.39, 0.29) is 5.91 Å². The van der Waals surface area contributed by atoms with Gasteiger partial charge in [0.2, 0.25) is 5.91 Å². The summed E-state index contributed by atoms with van der Waals surface area (Å²) >= 11 is 1.68. The van der Waals surface area contributed by atoms with Gasteiger partial charge in [0.05, 0.1) is 17.2 Å². The lowest BCUT2D eigenvalue weighted by Gasteiger charge is -2.31. The molecular formula is C16H27N3OS. The van der Waals surface area contributed by atoms with E-state index < -0.39 is 0 Å². The Morgan fingerprint density at radius 2 is 2.10 bits per heavy atom. The molecule has 0 aromatic carbocycles. The number of aryl methyl sites for hydroxylation is 2. The normalized spacial score (nSPS) is 17.1. The van der Waals surface area contributed by atoms with E-state index in [1.165, 1.54) is 17.8 Å². The lowest BCUT2D eigenvalue weighted by Crippen LogP contribution is -2.36. The number of amides is 1. The molecular weight excluding hydrogens is 282 g/mol. The summed E-state index contributed by atoms with van der Waals surface area (Å²) in [5, 5.41) is 4.12. The molecule has 1 aliphatic heterocycles. The molecule has 5 heteroatoms. The van der Waals surface area contributed by atoms with E-state index >= 15 is 0 Å². The maximum atomic E-state index is 12.1. The number of rotatable bonds is 6. The highest BCUT2D eigenvalue weighted by molar-refractivity contribution is 7.11. The quantitative estimate of drug-likeness (QED) is 0.879. The second-order valence-corrected chi connectivity index (χ2v) is 7.30. The molecule has 0 saturated carbocycles. The summed E-state index contributed by atoms with van der Waals surface area (Å²) in [5.41, 5.74) is 1.05. The number of hydrogen-bond donors (Lipinski definition) is 1. The zero-order chi connectivity index (χ0) is 15.2. The third-order valence-corrected chi connectivity index (χ3v) is 5.24. The highest BCUT2D eigenvalue weighted by atomic mass is 32.1. The number of carbonyl (C=O) groups is 1. The van der Waals surface area contributed by atoms with Gasteiger partial charge in [-0.15, -0.1) is 11.3 Å². The molecule has 0 radical (unpaired) electrons. The van der Waals surface area contributed by atoms with Gasteiger partial charge in [0.1, 0.15) is 0 Å². The first-order valence-electron chi connectivity index (χ1n) is 8.00. The molecule has 1 N–H and O–H groups in total. The van der Waals surface area contributed by atoms with Crippen LogP contribution in [0.15, 0.2) is 0 Å². The number of piperidine rings is 1. The summed E-state index contributed by atoms with van der Waals surface area (Å²) < 4.78 is 0. The Morgan fingerprint density at radius 3 is 2.67 bits per heavy atom. The number of likely N-dealkylation sites (tertiary alicyclic amines) is 1. The molecule has 0 aliphatic carbocycles. The Bertz CT molecular complexity index is 464. The van der Waals surface area contributed by atoms with Crippen LogP contribution in [-0.2, 0) is 11.3 Å². The van der Waals surface area contributed by atoms with Gasteiger partial charge in [-0.1, -0.05) is 6.92 Å². The summed E-state index contributed by atoms with van der Waals surface area (Å²) in [6.07, 6.45) is 4.22. The van der Waals surface area contributed by atoms with Gasteiger partial charge in [0.25, 0.3) is 0 Å². The second kappa shape index (κ2) is 7.90. The third-order valence-electron chi connectivity index (χ3n) is 4.17. The van der Waals surface area contributed by atoms with Gasteiger partial charge in [-0.25, -0.2) is 4.98 Å². The van der Waals surface area contributed by atoms with Gasteiger partial charge >= 0.3 is 0 Å². The van der Waals surface area contributed by atoms with Crippen LogP contribution in [0.2, 0.25) is 0 Å². The predicted molar refractivity (Wildman–Crippen MR) is 87.5 cm³/mol. The van der Waals surface area contributed by atoms with E-state index in [0.29, 0.717) is 18.9 Å². The summed E-state index contributed by atoms with van der Waals surface area (Å²) in [4.78, 5) is 20.2. The van der Waals surface area contributed by atoms with Crippen molar-refractivity contribution in [2.75, 3.05) is 19.6 Å². The molecule has 118 valence electrons. The van der Waals surface area contributed by atoms with Gasteiger partial charge in [-0.2, -0.15) is 0 Å². The molecule has 1 fully saturated rings. The lowest BCUT2D eigenvalue weighted by molar-refractivity contribution is -0.122. The van der Waals surface area contributed by atoms with Gasteiger partial charge in [0, 0.05) is 11.3 Å². The molecule has 2 rings (SSSR count). The van der Waals surface area contributed by atoms with Crippen molar-refractivity contribution >= 4 is 17.2 Å². The average molecular weight is 309 g/mol. The van der Waals surface area contributed by atoms with Crippen molar-refractivity contribution in [2.24, 2.45) is 5.92 Å². The van der Waals surface area contributed by atoms with Gasteiger partial charge in [-0.05, 0) is 58.7 Å². The Morgan fingerprint density at radius 1 is 1.38 bits per heavy atom. The minimum absolute atomic E-state index is 0.189. The molecule has 1 aliphatic rings. The van der Waals surface area contributed by atoms with Crippen LogP contribution in [-0.4, -0.2) is 35.4 Å². The minimum atomic E-state index is 0.189. The third kappa shape index (κ3) is 5.08. The van der Waals surface area contributed by atoms with E-state index in [0.717, 1.165) is 36.6 Å². The zero-order valence-electron chi connectivity index (χ0n) is 13.4. The van der Waals surface area contributed by atoms with Crippen molar-refractivity contribution in [1.29, 1.82) is 0 Å². The molecule has 0 atom stereocenters. The zero-order valence-corrected chi connectivity index (χ0v) is 14.3. The van der Waals surface area contributed by atoms with Crippen LogP contribution in [0.25, 0.3) is 0 Å². The summed E-state index contributed by atoms with van der Waals surface area (Å²) in [7, 11) is 0. The summed E-state index contributed by atoms with van der Waals surface area (Å²) in [6, 6.07) is 0. The van der Waals surface area contributed by atoms with Crippen molar-refractivity contribution in [1.82, 2.24) is 15.2 Å². The molecule has 0 bridgehead atoms. The van der Waals surface area contributed by atoms with E-state index in [1.807, 2.05) is 13.8 Å². The predicted octanol–water partition coefficient (Wildman–Crippen LogP) is 2.89. The van der Waals surface area contributed by atoms with E-state index in [4.69, 9.17) is 0 Å². The Labute approximate surface area is 132 Å². The molecule has 1 amide bonds. The van der Waals surface area contributed by atoms with Gasteiger partial charge < -0.3 is 10.2 Å². The van der Waals surface area contributed by atoms with Crippen LogP contribution in [0, 0.1) is 19.8 Å². The lowest BCUT2D eigenvalue weighted by atomic mass is 9.93. The van der Waals surface area contributed by atoms with Crippen LogP contribution < -0.4 is 5.32 Å². The molecule has 1 aromatic heterocycles. The fourth-order valence-corrected chi connectivity index (χ4v) is 3.86. The topological polar surface area (TPSA) is 45.2 Å². The largest absolute Gasteiger partial charge is 0.351 e. The molecule has 4 nitrogen and oxygen atoms in total. The van der Waals surface area contributed by atoms with Crippen molar-refractivity contribution in [3.05, 3.63) is 15.6 Å². The van der Waals surface area contributed by atoms with Gasteiger partial charge in [0.15, 0.2) is 0 Å². The maximum Gasteiger partial charge on any atom is 0.220 e. The second-order valence-electron chi connectivity index (χ2n) is 6.01. The summed E-state index contributed by atoms with van der Waals surface area (Å²) in [6.45, 7) is 10.4. The van der Waals surface area contributed by atoms with Crippen LogP contribution in [0.3, 0.4) is 0 Å². The first-order chi connectivity index (χ1) is 10.1. The standard InChI is InChI=1S/C16H27N3OS/c1-4-7-19-8-5-14(6-9-19)10-16(20)17-11-15-12(2)18-13(3)21-15/h14H,4-11H2,1-3H3,(H,17,20). The molecule has 1 saturated heterocycles. The average Bonchev–Trinajstić information content (AvgIpc) is 2.77. The van der Waals surface area contributed by atoms with Crippen molar-refractivity contribution < 1.29 is 4.79 Å². The highest BCUT2D eigenvalue weighted by Crippen LogP contribution is 2.21. The number of aromatic nitrogens is 1. The molecule has 21 heavy (non-hydrogen) atoms. The molecule has 0 unspecified atom stereocenters. The number of nitrogens with one attached hydrogen (secondary N) is 1. The number of carbonyl (C=O) groups excluding carboxylic acids is 1. The van der Waals surface area contributed by atoms with Crippen LogP contribution in [0.5, 0.6) is 0 Å². The highest BCUT2D eigenvalue weighted by Gasteiger charge is 2.21. The van der Waals surface area contributed by atoms with Gasteiger partial charge in [-0.3, -0.25) is 4.79 Å².